The second-order valence-electron chi connectivity index (χ2n) is 5.13. The smallest absolute Gasteiger partial charge is 0.304 e. The van der Waals surface area contributed by atoms with Gasteiger partial charge in [-0.25, -0.2) is 4.39 Å². The Morgan fingerprint density at radius 3 is 2.52 bits per heavy atom. The quantitative estimate of drug-likeness (QED) is 0.654. The Labute approximate surface area is 138 Å². The Balaban J connectivity index is 2.14. The average Bonchev–Trinajstić information content (AvgIpc) is 2.55. The Morgan fingerprint density at radius 1 is 1.00 bits per heavy atom. The van der Waals surface area contributed by atoms with Crippen LogP contribution in [0.5, 0.6) is 0 Å². The average molecular weight is 326 g/mol. The summed E-state index contributed by atoms with van der Waals surface area (Å²) >= 11 is 1.45. The van der Waals surface area contributed by atoms with Crippen molar-refractivity contribution in [2.24, 2.45) is 0 Å². The van der Waals surface area contributed by atoms with Gasteiger partial charge in [0, 0.05) is 21.8 Å². The highest BCUT2D eigenvalue weighted by atomic mass is 32.2. The zero-order valence-corrected chi connectivity index (χ0v) is 13.1. The van der Waals surface area contributed by atoms with Crippen molar-refractivity contribution in [1.29, 1.82) is 0 Å². The normalized spacial score (nSPS) is 10.8. The number of fused-ring (bicyclic) bond motifs is 1. The van der Waals surface area contributed by atoms with E-state index in [4.69, 9.17) is 5.11 Å². The van der Waals surface area contributed by atoms with Gasteiger partial charge in [0.25, 0.3) is 0 Å². The van der Waals surface area contributed by atoms with Gasteiger partial charge in [0.1, 0.15) is 5.82 Å². The molecule has 0 heterocycles. The molecule has 3 aromatic rings. The van der Waals surface area contributed by atoms with Crippen molar-refractivity contribution in [3.63, 3.8) is 0 Å². The second kappa shape index (κ2) is 6.84. The number of hydrogen-bond donors (Lipinski definition) is 1. The Morgan fingerprint density at radius 2 is 1.74 bits per heavy atom. The van der Waals surface area contributed by atoms with E-state index in [1.807, 2.05) is 42.5 Å². The van der Waals surface area contributed by atoms with Crippen LogP contribution in [-0.2, 0) is 4.79 Å². The maximum absolute atomic E-state index is 14.3. The Hall–Kier alpha value is -2.33. The molecule has 3 aromatic carbocycles. The van der Waals surface area contributed by atoms with Crippen molar-refractivity contribution in [2.75, 3.05) is 5.75 Å². The van der Waals surface area contributed by atoms with E-state index < -0.39 is 5.97 Å². The summed E-state index contributed by atoms with van der Waals surface area (Å²) in [6, 6.07) is 18.5. The minimum atomic E-state index is -0.828. The van der Waals surface area contributed by atoms with Gasteiger partial charge in [-0.15, -0.1) is 11.8 Å². The van der Waals surface area contributed by atoms with Crippen molar-refractivity contribution in [3.05, 3.63) is 66.5 Å². The number of aliphatic carboxylic acids is 1. The van der Waals surface area contributed by atoms with Crippen molar-refractivity contribution in [2.45, 2.75) is 11.3 Å². The fourth-order valence-corrected chi connectivity index (χ4v) is 3.59. The molecule has 0 aliphatic rings. The van der Waals surface area contributed by atoms with E-state index in [1.54, 1.807) is 12.1 Å². The van der Waals surface area contributed by atoms with Crippen molar-refractivity contribution >= 4 is 28.5 Å². The van der Waals surface area contributed by atoms with Crippen molar-refractivity contribution in [3.8, 4) is 11.1 Å². The first-order chi connectivity index (χ1) is 11.2. The van der Waals surface area contributed by atoms with Crippen LogP contribution in [0.15, 0.2) is 65.6 Å². The predicted molar refractivity (Wildman–Crippen MR) is 92.3 cm³/mol. The molecule has 0 saturated heterocycles. The number of halogens is 1. The molecule has 116 valence electrons. The fraction of sp³-hybridized carbons (Fsp3) is 0.105. The maximum Gasteiger partial charge on any atom is 0.304 e. The van der Waals surface area contributed by atoms with Crippen LogP contribution >= 0.6 is 11.8 Å². The molecule has 23 heavy (non-hydrogen) atoms. The number of benzene rings is 3. The SMILES string of the molecule is O=C(O)CCSc1ccc2ccccc2c1-c1ccccc1F. The van der Waals surface area contributed by atoms with Gasteiger partial charge in [-0.05, 0) is 22.9 Å². The summed E-state index contributed by atoms with van der Waals surface area (Å²) in [6.07, 6.45) is 0.0776. The van der Waals surface area contributed by atoms with E-state index in [9.17, 15) is 9.18 Å². The third kappa shape index (κ3) is 3.37. The van der Waals surface area contributed by atoms with E-state index in [0.717, 1.165) is 21.2 Å². The minimum Gasteiger partial charge on any atom is -0.481 e. The molecule has 0 saturated carbocycles. The minimum absolute atomic E-state index is 0.0776. The van der Waals surface area contributed by atoms with Gasteiger partial charge in [-0.2, -0.15) is 0 Å². The lowest BCUT2D eigenvalue weighted by Gasteiger charge is -2.13. The fourth-order valence-electron chi connectivity index (χ4n) is 2.56. The third-order valence-electron chi connectivity index (χ3n) is 3.61. The van der Waals surface area contributed by atoms with Gasteiger partial charge in [0.2, 0.25) is 0 Å². The zero-order chi connectivity index (χ0) is 16.2. The maximum atomic E-state index is 14.3. The van der Waals surface area contributed by atoms with Crippen molar-refractivity contribution in [1.82, 2.24) is 0 Å². The number of thioether (sulfide) groups is 1. The number of carboxylic acid groups (broad SMARTS) is 1. The summed E-state index contributed by atoms with van der Waals surface area (Å²) in [6.45, 7) is 0. The van der Waals surface area contributed by atoms with Crippen LogP contribution in [0.25, 0.3) is 21.9 Å². The topological polar surface area (TPSA) is 37.3 Å². The van der Waals surface area contributed by atoms with E-state index in [-0.39, 0.29) is 12.2 Å². The molecule has 0 bridgehead atoms. The van der Waals surface area contributed by atoms with E-state index >= 15 is 0 Å². The van der Waals surface area contributed by atoms with Crippen LogP contribution in [0.4, 0.5) is 4.39 Å². The molecule has 0 aliphatic heterocycles. The summed E-state index contributed by atoms with van der Waals surface area (Å²) in [4.78, 5) is 11.6. The molecular weight excluding hydrogens is 311 g/mol. The summed E-state index contributed by atoms with van der Waals surface area (Å²) in [5.74, 6) is -0.649. The van der Waals surface area contributed by atoms with Gasteiger partial charge in [-0.1, -0.05) is 48.5 Å². The molecule has 2 nitrogen and oxygen atoms in total. The lowest BCUT2D eigenvalue weighted by Crippen LogP contribution is -1.96. The molecule has 0 aromatic heterocycles. The standard InChI is InChI=1S/C19H15FO2S/c20-16-8-4-3-7-15(16)19-14-6-2-1-5-13(14)9-10-17(19)23-12-11-18(21)22/h1-10H,11-12H2,(H,21,22). The van der Waals surface area contributed by atoms with Gasteiger partial charge in [0.05, 0.1) is 6.42 Å². The zero-order valence-electron chi connectivity index (χ0n) is 12.3. The lowest BCUT2D eigenvalue weighted by atomic mass is 9.98. The van der Waals surface area contributed by atoms with Gasteiger partial charge < -0.3 is 5.11 Å². The number of rotatable bonds is 5. The number of carboxylic acids is 1. The molecule has 0 fully saturated rings. The molecule has 0 spiro atoms. The molecule has 4 heteroatoms. The highest BCUT2D eigenvalue weighted by molar-refractivity contribution is 7.99. The summed E-state index contributed by atoms with van der Waals surface area (Å²) < 4.78 is 14.3. The van der Waals surface area contributed by atoms with Gasteiger partial charge in [0.15, 0.2) is 0 Å². The van der Waals surface area contributed by atoms with Gasteiger partial charge >= 0.3 is 5.97 Å². The van der Waals surface area contributed by atoms with Crippen LogP contribution in [0.3, 0.4) is 0 Å². The highest BCUT2D eigenvalue weighted by Gasteiger charge is 2.14. The van der Waals surface area contributed by atoms with Crippen LogP contribution in [0, 0.1) is 5.82 Å². The predicted octanol–water partition coefficient (Wildman–Crippen LogP) is 5.21. The van der Waals surface area contributed by atoms with E-state index in [1.165, 1.54) is 17.8 Å². The third-order valence-corrected chi connectivity index (χ3v) is 4.67. The molecular formula is C19H15FO2S. The number of hydrogen-bond acceptors (Lipinski definition) is 2. The van der Waals surface area contributed by atoms with E-state index in [2.05, 4.69) is 0 Å². The van der Waals surface area contributed by atoms with Crippen LogP contribution in [0.1, 0.15) is 6.42 Å². The van der Waals surface area contributed by atoms with Crippen LogP contribution in [-0.4, -0.2) is 16.8 Å². The monoisotopic (exact) mass is 326 g/mol. The number of carbonyl (C=O) groups is 1. The second-order valence-corrected chi connectivity index (χ2v) is 6.27. The molecule has 0 aliphatic carbocycles. The first-order valence-electron chi connectivity index (χ1n) is 7.28. The summed E-state index contributed by atoms with van der Waals surface area (Å²) in [7, 11) is 0. The molecule has 0 amide bonds. The highest BCUT2D eigenvalue weighted by Crippen LogP contribution is 2.38. The lowest BCUT2D eigenvalue weighted by molar-refractivity contribution is -0.136. The molecule has 0 radical (unpaired) electrons. The molecule has 0 atom stereocenters. The van der Waals surface area contributed by atoms with E-state index in [0.29, 0.717) is 11.3 Å². The Bertz CT molecular complexity index is 861. The van der Waals surface area contributed by atoms with Gasteiger partial charge in [-0.3, -0.25) is 4.79 Å². The molecule has 1 N–H and O–H groups in total. The first-order valence-corrected chi connectivity index (χ1v) is 8.26. The molecule has 3 rings (SSSR count). The van der Waals surface area contributed by atoms with Crippen molar-refractivity contribution < 1.29 is 14.3 Å². The van der Waals surface area contributed by atoms with Crippen LogP contribution < -0.4 is 0 Å². The summed E-state index contributed by atoms with van der Waals surface area (Å²) in [5, 5.41) is 10.8. The van der Waals surface area contributed by atoms with Crippen LogP contribution in [0.2, 0.25) is 0 Å². The first kappa shape index (κ1) is 15.6. The molecule has 0 unspecified atom stereocenters. The summed E-state index contributed by atoms with van der Waals surface area (Å²) in [5.41, 5.74) is 1.37. The largest absolute Gasteiger partial charge is 0.481 e. The Kier molecular flexibility index (Phi) is 4.63.